The fourth-order valence-corrected chi connectivity index (χ4v) is 1.96. The van der Waals surface area contributed by atoms with Gasteiger partial charge in [0.25, 0.3) is 0 Å². The summed E-state index contributed by atoms with van der Waals surface area (Å²) in [5.74, 6) is 0.103. The van der Waals surface area contributed by atoms with Crippen LogP contribution in [0.2, 0.25) is 10.0 Å². The maximum absolute atomic E-state index is 11.9. The molecular weight excluding hydrogens is 311 g/mol. The Morgan fingerprint density at radius 1 is 1.10 bits per heavy atom. The van der Waals surface area contributed by atoms with Crippen LogP contribution in [0.5, 0.6) is 5.75 Å². The van der Waals surface area contributed by atoms with Crippen molar-refractivity contribution >= 4 is 29.2 Å². The molecule has 0 aliphatic carbocycles. The first kappa shape index (κ1) is 15.7. The highest BCUT2D eigenvalue weighted by atomic mass is 35.5. The van der Waals surface area contributed by atoms with Gasteiger partial charge in [-0.25, -0.2) is 4.79 Å². The van der Waals surface area contributed by atoms with E-state index in [0.717, 1.165) is 5.56 Å². The molecule has 0 aliphatic rings. The van der Waals surface area contributed by atoms with Crippen LogP contribution in [0.15, 0.2) is 48.5 Å². The third-order valence-electron chi connectivity index (χ3n) is 2.79. The van der Waals surface area contributed by atoms with Crippen molar-refractivity contribution in [2.24, 2.45) is 0 Å². The van der Waals surface area contributed by atoms with E-state index in [1.165, 1.54) is 0 Å². The van der Waals surface area contributed by atoms with Gasteiger partial charge in [-0.05, 0) is 37.3 Å². The van der Waals surface area contributed by atoms with Gasteiger partial charge in [0, 0.05) is 15.6 Å². The molecule has 0 fully saturated rings. The normalized spacial score (nSPS) is 11.8. The molecule has 0 aromatic heterocycles. The van der Waals surface area contributed by atoms with E-state index >= 15 is 0 Å². The summed E-state index contributed by atoms with van der Waals surface area (Å²) in [6, 6.07) is 14.0. The standard InChI is InChI=1S/C16H14Cl2O3/c1-11(21-14-8-6-13(17)7-9-14)16(19)20-10-12-4-2-3-5-15(12)18/h2-9,11H,10H2,1H3. The lowest BCUT2D eigenvalue weighted by molar-refractivity contribution is -0.152. The number of hydrogen-bond acceptors (Lipinski definition) is 3. The Morgan fingerprint density at radius 2 is 1.76 bits per heavy atom. The zero-order chi connectivity index (χ0) is 15.2. The van der Waals surface area contributed by atoms with Gasteiger partial charge in [-0.15, -0.1) is 0 Å². The van der Waals surface area contributed by atoms with Gasteiger partial charge in [-0.1, -0.05) is 41.4 Å². The molecule has 21 heavy (non-hydrogen) atoms. The molecule has 1 unspecified atom stereocenters. The van der Waals surface area contributed by atoms with Gasteiger partial charge in [-0.3, -0.25) is 0 Å². The highest BCUT2D eigenvalue weighted by Crippen LogP contribution is 2.18. The quantitative estimate of drug-likeness (QED) is 0.759. The van der Waals surface area contributed by atoms with Crippen molar-refractivity contribution in [3.8, 4) is 5.75 Å². The SMILES string of the molecule is CC(Oc1ccc(Cl)cc1)C(=O)OCc1ccccc1Cl. The van der Waals surface area contributed by atoms with Crippen LogP contribution in [0, 0.1) is 0 Å². The van der Waals surface area contributed by atoms with Crippen molar-refractivity contribution in [3.05, 3.63) is 64.1 Å². The van der Waals surface area contributed by atoms with Gasteiger partial charge in [0.15, 0.2) is 6.10 Å². The van der Waals surface area contributed by atoms with Crippen LogP contribution in [-0.4, -0.2) is 12.1 Å². The van der Waals surface area contributed by atoms with Crippen LogP contribution in [-0.2, 0) is 16.1 Å². The van der Waals surface area contributed by atoms with E-state index in [0.29, 0.717) is 15.8 Å². The van der Waals surface area contributed by atoms with E-state index in [9.17, 15) is 4.79 Å². The Hall–Kier alpha value is -1.71. The molecule has 2 rings (SSSR count). The topological polar surface area (TPSA) is 35.5 Å². The number of halogens is 2. The molecule has 0 amide bonds. The highest BCUT2D eigenvalue weighted by Gasteiger charge is 2.16. The maximum Gasteiger partial charge on any atom is 0.347 e. The molecule has 0 N–H and O–H groups in total. The zero-order valence-electron chi connectivity index (χ0n) is 11.4. The van der Waals surface area contributed by atoms with Crippen LogP contribution in [0.1, 0.15) is 12.5 Å². The Kier molecular flexibility index (Phi) is 5.48. The zero-order valence-corrected chi connectivity index (χ0v) is 12.9. The average molecular weight is 325 g/mol. The van der Waals surface area contributed by atoms with E-state index in [2.05, 4.69) is 0 Å². The van der Waals surface area contributed by atoms with Crippen molar-refractivity contribution in [2.75, 3.05) is 0 Å². The maximum atomic E-state index is 11.9. The summed E-state index contributed by atoms with van der Waals surface area (Å²) in [6.45, 7) is 1.75. The van der Waals surface area contributed by atoms with E-state index < -0.39 is 12.1 Å². The number of rotatable bonds is 5. The number of hydrogen-bond donors (Lipinski definition) is 0. The van der Waals surface area contributed by atoms with Crippen molar-refractivity contribution in [2.45, 2.75) is 19.6 Å². The predicted octanol–water partition coefficient (Wildman–Crippen LogP) is 4.50. The van der Waals surface area contributed by atoms with Crippen LogP contribution in [0.3, 0.4) is 0 Å². The monoisotopic (exact) mass is 324 g/mol. The Balaban J connectivity index is 1.88. The van der Waals surface area contributed by atoms with Gasteiger partial charge in [-0.2, -0.15) is 0 Å². The molecule has 0 saturated heterocycles. The van der Waals surface area contributed by atoms with E-state index in [1.54, 1.807) is 43.3 Å². The fraction of sp³-hybridized carbons (Fsp3) is 0.188. The second kappa shape index (κ2) is 7.34. The molecule has 0 spiro atoms. The van der Waals surface area contributed by atoms with E-state index in [4.69, 9.17) is 32.7 Å². The second-order valence-electron chi connectivity index (χ2n) is 4.41. The van der Waals surface area contributed by atoms with Crippen molar-refractivity contribution in [1.82, 2.24) is 0 Å². The first-order chi connectivity index (χ1) is 10.1. The van der Waals surface area contributed by atoms with Gasteiger partial charge in [0.2, 0.25) is 0 Å². The average Bonchev–Trinajstić information content (AvgIpc) is 2.48. The third-order valence-corrected chi connectivity index (χ3v) is 3.41. The molecule has 1 atom stereocenters. The van der Waals surface area contributed by atoms with Gasteiger partial charge in [0.1, 0.15) is 12.4 Å². The molecule has 110 valence electrons. The highest BCUT2D eigenvalue weighted by molar-refractivity contribution is 6.31. The van der Waals surface area contributed by atoms with E-state index in [1.807, 2.05) is 12.1 Å². The van der Waals surface area contributed by atoms with Crippen molar-refractivity contribution in [3.63, 3.8) is 0 Å². The van der Waals surface area contributed by atoms with Gasteiger partial charge in [0.05, 0.1) is 0 Å². The van der Waals surface area contributed by atoms with E-state index in [-0.39, 0.29) is 6.61 Å². The molecule has 0 bridgehead atoms. The summed E-state index contributed by atoms with van der Waals surface area (Å²) < 4.78 is 10.7. The first-order valence-electron chi connectivity index (χ1n) is 6.38. The minimum absolute atomic E-state index is 0.118. The van der Waals surface area contributed by atoms with Gasteiger partial charge >= 0.3 is 5.97 Å². The summed E-state index contributed by atoms with van der Waals surface area (Å²) in [6.07, 6.45) is -0.714. The molecule has 0 radical (unpaired) electrons. The Labute approximate surface area is 133 Å². The molecule has 0 heterocycles. The number of ether oxygens (including phenoxy) is 2. The first-order valence-corrected chi connectivity index (χ1v) is 7.14. The lowest BCUT2D eigenvalue weighted by atomic mass is 10.2. The lowest BCUT2D eigenvalue weighted by Crippen LogP contribution is -2.26. The Morgan fingerprint density at radius 3 is 2.43 bits per heavy atom. The van der Waals surface area contributed by atoms with Crippen LogP contribution < -0.4 is 4.74 Å². The summed E-state index contributed by atoms with van der Waals surface area (Å²) in [5, 5.41) is 1.17. The largest absolute Gasteiger partial charge is 0.479 e. The lowest BCUT2D eigenvalue weighted by Gasteiger charge is -2.14. The van der Waals surface area contributed by atoms with Crippen LogP contribution >= 0.6 is 23.2 Å². The molecule has 5 heteroatoms. The summed E-state index contributed by atoms with van der Waals surface area (Å²) in [5.41, 5.74) is 0.756. The third kappa shape index (κ3) is 4.66. The summed E-state index contributed by atoms with van der Waals surface area (Å²) >= 11 is 11.8. The fourth-order valence-electron chi connectivity index (χ4n) is 1.65. The molecule has 2 aromatic carbocycles. The van der Waals surface area contributed by atoms with Crippen LogP contribution in [0.25, 0.3) is 0 Å². The molecular formula is C16H14Cl2O3. The Bertz CT molecular complexity index is 611. The summed E-state index contributed by atoms with van der Waals surface area (Å²) in [4.78, 5) is 11.9. The minimum Gasteiger partial charge on any atom is -0.479 e. The minimum atomic E-state index is -0.714. The van der Waals surface area contributed by atoms with Crippen molar-refractivity contribution < 1.29 is 14.3 Å². The number of benzene rings is 2. The molecule has 2 aromatic rings. The molecule has 0 aliphatic heterocycles. The van der Waals surface area contributed by atoms with Crippen LogP contribution in [0.4, 0.5) is 0 Å². The second-order valence-corrected chi connectivity index (χ2v) is 5.26. The number of carbonyl (C=O) groups excluding carboxylic acids is 1. The number of esters is 1. The smallest absolute Gasteiger partial charge is 0.347 e. The van der Waals surface area contributed by atoms with Gasteiger partial charge < -0.3 is 9.47 Å². The predicted molar refractivity (Wildman–Crippen MR) is 82.8 cm³/mol. The number of carbonyl (C=O) groups is 1. The van der Waals surface area contributed by atoms with Crippen molar-refractivity contribution in [1.29, 1.82) is 0 Å². The summed E-state index contributed by atoms with van der Waals surface area (Å²) in [7, 11) is 0. The molecule has 3 nitrogen and oxygen atoms in total. The molecule has 0 saturated carbocycles.